The minimum absolute atomic E-state index is 0.0984. The molecule has 0 radical (unpaired) electrons. The third-order valence-corrected chi connectivity index (χ3v) is 7.21. The summed E-state index contributed by atoms with van der Waals surface area (Å²) >= 11 is 2.91. The van der Waals surface area contributed by atoms with Crippen LogP contribution in [0.15, 0.2) is 41.3 Å². The first-order valence-electron chi connectivity index (χ1n) is 10.4. The minimum Gasteiger partial charge on any atom is -0.493 e. The number of halogens is 1. The second-order valence-electron chi connectivity index (χ2n) is 7.63. The number of imide groups is 1. The lowest BCUT2D eigenvalue weighted by molar-refractivity contribution is -0.136. The van der Waals surface area contributed by atoms with Gasteiger partial charge < -0.3 is 14.4 Å². The molecule has 4 rings (SSSR count). The Morgan fingerprint density at radius 2 is 2.03 bits per heavy atom. The van der Waals surface area contributed by atoms with Crippen LogP contribution in [-0.2, 0) is 22.6 Å². The van der Waals surface area contributed by atoms with Crippen molar-refractivity contribution < 1.29 is 23.9 Å². The largest absolute Gasteiger partial charge is 0.493 e. The van der Waals surface area contributed by atoms with Crippen molar-refractivity contribution in [2.24, 2.45) is 0 Å². The Morgan fingerprint density at radius 3 is 2.76 bits per heavy atom. The maximum Gasteiger partial charge on any atom is 0.294 e. The van der Waals surface area contributed by atoms with Gasteiger partial charge in [-0.2, -0.15) is 0 Å². The molecule has 3 amide bonds. The molecule has 0 aliphatic carbocycles. The van der Waals surface area contributed by atoms with Crippen LogP contribution in [0, 0.1) is 15.9 Å². The van der Waals surface area contributed by atoms with Gasteiger partial charge in [0.15, 0.2) is 11.5 Å². The van der Waals surface area contributed by atoms with E-state index in [9.17, 15) is 14.4 Å². The van der Waals surface area contributed by atoms with E-state index in [-0.39, 0.29) is 24.0 Å². The molecule has 0 N–H and O–H groups in total. The number of thioether (sulfide) groups is 1. The first-order valence-corrected chi connectivity index (χ1v) is 12.3. The number of nitrogens with zero attached hydrogens (tertiary/aromatic N) is 2. The molecule has 2 aliphatic heterocycles. The Balaban J connectivity index is 1.48. The highest BCUT2D eigenvalue weighted by molar-refractivity contribution is 14.1. The van der Waals surface area contributed by atoms with Crippen LogP contribution in [0.1, 0.15) is 16.7 Å². The van der Waals surface area contributed by atoms with Gasteiger partial charge in [-0.15, -0.1) is 6.42 Å². The normalized spacial score (nSPS) is 16.4. The van der Waals surface area contributed by atoms with Crippen molar-refractivity contribution in [3.63, 3.8) is 0 Å². The molecule has 7 nitrogen and oxygen atoms in total. The lowest BCUT2D eigenvalue weighted by atomic mass is 10.00. The monoisotopic (exact) mass is 588 g/mol. The molecule has 0 saturated carbocycles. The summed E-state index contributed by atoms with van der Waals surface area (Å²) in [5, 5.41) is -0.461. The molecule has 1 fully saturated rings. The highest BCUT2D eigenvalue weighted by Crippen LogP contribution is 2.37. The quantitative estimate of drug-likeness (QED) is 0.289. The predicted octanol–water partition coefficient (Wildman–Crippen LogP) is 3.93. The average Bonchev–Trinajstić information content (AvgIpc) is 3.09. The van der Waals surface area contributed by atoms with E-state index in [0.717, 1.165) is 32.2 Å². The number of amides is 3. The second-order valence-corrected chi connectivity index (χ2v) is 9.78. The van der Waals surface area contributed by atoms with Crippen LogP contribution >= 0.6 is 34.4 Å². The molecule has 0 spiro atoms. The number of methoxy groups -OCH3 is 1. The van der Waals surface area contributed by atoms with Gasteiger partial charge in [0.2, 0.25) is 5.91 Å². The zero-order chi connectivity index (χ0) is 24.2. The molecular weight excluding hydrogens is 567 g/mol. The minimum atomic E-state index is -0.484. The molecule has 9 heteroatoms. The van der Waals surface area contributed by atoms with Gasteiger partial charge in [-0.1, -0.05) is 30.2 Å². The van der Waals surface area contributed by atoms with Crippen LogP contribution in [-0.4, -0.2) is 53.7 Å². The summed E-state index contributed by atoms with van der Waals surface area (Å²) in [7, 11) is 1.51. The Bertz CT molecular complexity index is 1240. The lowest BCUT2D eigenvalue weighted by Gasteiger charge is -2.29. The van der Waals surface area contributed by atoms with E-state index >= 15 is 0 Å². The molecule has 0 unspecified atom stereocenters. The van der Waals surface area contributed by atoms with E-state index < -0.39 is 11.1 Å². The molecular formula is C25H21IN2O5S. The van der Waals surface area contributed by atoms with Crippen molar-refractivity contribution in [2.45, 2.75) is 13.0 Å². The molecule has 0 aromatic heterocycles. The summed E-state index contributed by atoms with van der Waals surface area (Å²) in [6.07, 6.45) is 7.64. The molecule has 0 bridgehead atoms. The summed E-state index contributed by atoms with van der Waals surface area (Å²) in [5.41, 5.74) is 2.98. The number of hydrogen-bond acceptors (Lipinski definition) is 6. The standard InChI is InChI=1S/C25H21IN2O5S/c1-3-10-33-23-19(26)11-16(12-20(23)32-2)13-21-24(30)28(25(31)34-21)15-22(29)27-9-8-17-6-4-5-7-18(17)14-27/h1,4-7,11-13H,8-10,14-15H2,2H3/b21-13+. The van der Waals surface area contributed by atoms with Gasteiger partial charge in [0.05, 0.1) is 15.6 Å². The fraction of sp³-hybridized carbons (Fsp3) is 0.240. The van der Waals surface area contributed by atoms with Crippen molar-refractivity contribution in [3.05, 3.63) is 61.6 Å². The summed E-state index contributed by atoms with van der Waals surface area (Å²) in [6.45, 7) is 0.868. The molecule has 2 aromatic carbocycles. The summed E-state index contributed by atoms with van der Waals surface area (Å²) in [4.78, 5) is 41.3. The molecule has 0 atom stereocenters. The van der Waals surface area contributed by atoms with Gasteiger partial charge in [0.25, 0.3) is 11.1 Å². The van der Waals surface area contributed by atoms with Gasteiger partial charge in [0, 0.05) is 13.1 Å². The maximum atomic E-state index is 12.9. The fourth-order valence-corrected chi connectivity index (χ4v) is 5.43. The topological polar surface area (TPSA) is 76.2 Å². The molecule has 1 saturated heterocycles. The molecule has 34 heavy (non-hydrogen) atoms. The number of rotatable bonds is 6. The summed E-state index contributed by atoms with van der Waals surface area (Å²) in [6, 6.07) is 11.5. The van der Waals surface area contributed by atoms with E-state index in [4.69, 9.17) is 15.9 Å². The Morgan fingerprint density at radius 1 is 1.26 bits per heavy atom. The number of benzene rings is 2. The number of terminal acetylenes is 1. The zero-order valence-electron chi connectivity index (χ0n) is 18.4. The summed E-state index contributed by atoms with van der Waals surface area (Å²) < 4.78 is 11.7. The van der Waals surface area contributed by atoms with Crippen LogP contribution in [0.2, 0.25) is 0 Å². The highest BCUT2D eigenvalue weighted by atomic mass is 127. The van der Waals surface area contributed by atoms with E-state index in [1.165, 1.54) is 12.7 Å². The Labute approximate surface area is 215 Å². The van der Waals surface area contributed by atoms with Crippen LogP contribution in [0.3, 0.4) is 0 Å². The molecule has 174 valence electrons. The average molecular weight is 588 g/mol. The molecule has 2 heterocycles. The molecule has 2 aliphatic rings. The Kier molecular flexibility index (Phi) is 7.48. The first-order chi connectivity index (χ1) is 16.4. The van der Waals surface area contributed by atoms with Crippen molar-refractivity contribution in [1.29, 1.82) is 0 Å². The zero-order valence-corrected chi connectivity index (χ0v) is 21.4. The highest BCUT2D eigenvalue weighted by Gasteiger charge is 2.37. The van der Waals surface area contributed by atoms with Crippen molar-refractivity contribution >= 4 is 57.5 Å². The van der Waals surface area contributed by atoms with Gasteiger partial charge in [-0.3, -0.25) is 19.3 Å². The van der Waals surface area contributed by atoms with Gasteiger partial charge in [0.1, 0.15) is 13.2 Å². The number of fused-ring (bicyclic) bond motifs is 1. The van der Waals surface area contributed by atoms with Gasteiger partial charge in [-0.05, 0) is 75.7 Å². The number of ether oxygens (including phenoxy) is 2. The third-order valence-electron chi connectivity index (χ3n) is 5.50. The van der Waals surface area contributed by atoms with Gasteiger partial charge >= 0.3 is 0 Å². The predicted molar refractivity (Wildman–Crippen MR) is 138 cm³/mol. The van der Waals surface area contributed by atoms with Crippen LogP contribution in [0.25, 0.3) is 6.08 Å². The summed E-state index contributed by atoms with van der Waals surface area (Å²) in [5.74, 6) is 2.66. The van der Waals surface area contributed by atoms with E-state index in [2.05, 4.69) is 34.6 Å². The van der Waals surface area contributed by atoms with Crippen molar-refractivity contribution in [3.8, 4) is 23.8 Å². The van der Waals surface area contributed by atoms with E-state index in [1.54, 1.807) is 23.1 Å². The van der Waals surface area contributed by atoms with E-state index in [0.29, 0.717) is 30.2 Å². The lowest BCUT2D eigenvalue weighted by Crippen LogP contribution is -2.44. The SMILES string of the molecule is C#CCOc1c(I)cc(/C=C2/SC(=O)N(CC(=O)N3CCc4ccccc4C3)C2=O)cc1OC. The van der Waals surface area contributed by atoms with Gasteiger partial charge in [-0.25, -0.2) is 0 Å². The second kappa shape index (κ2) is 10.5. The third kappa shape index (κ3) is 5.08. The number of carbonyl (C=O) groups excluding carboxylic acids is 3. The Hall–Kier alpha value is -2.97. The maximum absolute atomic E-state index is 12.9. The fourth-order valence-electron chi connectivity index (χ4n) is 3.81. The molecule has 2 aromatic rings. The van der Waals surface area contributed by atoms with Crippen LogP contribution in [0.5, 0.6) is 11.5 Å². The first kappa shape index (κ1) is 24.2. The van der Waals surface area contributed by atoms with Crippen LogP contribution < -0.4 is 9.47 Å². The van der Waals surface area contributed by atoms with Crippen molar-refractivity contribution in [1.82, 2.24) is 9.80 Å². The van der Waals surface area contributed by atoms with Crippen LogP contribution in [0.4, 0.5) is 4.79 Å². The van der Waals surface area contributed by atoms with Crippen molar-refractivity contribution in [2.75, 3.05) is 26.8 Å². The number of carbonyl (C=O) groups is 3. The smallest absolute Gasteiger partial charge is 0.294 e. The van der Waals surface area contributed by atoms with E-state index in [1.807, 2.05) is 18.2 Å². The number of hydrogen-bond donors (Lipinski definition) is 0.